The standard InChI is InChI=1S/C16H17FN2O2S/c1-11-18-14(10-22-11)15-9-21-6-5-19(15)16(20)8-12-3-2-4-13(17)7-12/h2-4,7,10,15H,5-6,8-9H2,1H3/t15-/m0/s1. The van der Waals surface area contributed by atoms with Crippen molar-refractivity contribution in [2.45, 2.75) is 19.4 Å². The number of halogens is 1. The Morgan fingerprint density at radius 1 is 1.55 bits per heavy atom. The van der Waals surface area contributed by atoms with E-state index >= 15 is 0 Å². The Morgan fingerprint density at radius 2 is 2.41 bits per heavy atom. The van der Waals surface area contributed by atoms with Crippen LogP contribution in [-0.4, -0.2) is 35.5 Å². The van der Waals surface area contributed by atoms with E-state index in [-0.39, 0.29) is 24.2 Å². The maximum atomic E-state index is 13.3. The number of ether oxygens (including phenoxy) is 1. The Morgan fingerprint density at radius 3 is 3.14 bits per heavy atom. The molecule has 116 valence electrons. The number of morpholine rings is 1. The van der Waals surface area contributed by atoms with Gasteiger partial charge in [-0.2, -0.15) is 0 Å². The summed E-state index contributed by atoms with van der Waals surface area (Å²) in [5.41, 5.74) is 1.56. The molecule has 1 aliphatic heterocycles. The molecule has 1 aromatic heterocycles. The zero-order valence-electron chi connectivity index (χ0n) is 12.3. The molecule has 1 aromatic carbocycles. The van der Waals surface area contributed by atoms with Gasteiger partial charge in [-0.25, -0.2) is 9.37 Å². The second-order valence-electron chi connectivity index (χ2n) is 5.28. The highest BCUT2D eigenvalue weighted by Gasteiger charge is 2.30. The Hall–Kier alpha value is -1.79. The molecule has 0 aliphatic carbocycles. The van der Waals surface area contributed by atoms with Crippen molar-refractivity contribution < 1.29 is 13.9 Å². The van der Waals surface area contributed by atoms with Crippen molar-refractivity contribution >= 4 is 17.2 Å². The Bertz CT molecular complexity index is 674. The molecule has 1 atom stereocenters. The van der Waals surface area contributed by atoms with Crippen LogP contribution in [0, 0.1) is 12.7 Å². The van der Waals surface area contributed by atoms with Crippen LogP contribution in [0.1, 0.15) is 22.3 Å². The molecule has 22 heavy (non-hydrogen) atoms. The maximum Gasteiger partial charge on any atom is 0.227 e. The summed E-state index contributed by atoms with van der Waals surface area (Å²) in [6.07, 6.45) is 0.192. The summed E-state index contributed by atoms with van der Waals surface area (Å²) >= 11 is 1.56. The number of amides is 1. The minimum Gasteiger partial charge on any atom is -0.377 e. The molecule has 2 aromatic rings. The third-order valence-corrected chi connectivity index (χ3v) is 4.46. The van der Waals surface area contributed by atoms with Crippen molar-refractivity contribution in [3.05, 3.63) is 51.7 Å². The predicted octanol–water partition coefficient (Wildman–Crippen LogP) is 2.73. The normalized spacial score (nSPS) is 18.5. The van der Waals surface area contributed by atoms with Crippen LogP contribution in [0.25, 0.3) is 0 Å². The zero-order chi connectivity index (χ0) is 15.5. The highest BCUT2D eigenvalue weighted by atomic mass is 32.1. The van der Waals surface area contributed by atoms with Crippen LogP contribution in [-0.2, 0) is 16.0 Å². The molecule has 2 heterocycles. The van der Waals surface area contributed by atoms with Crippen molar-refractivity contribution in [2.75, 3.05) is 19.8 Å². The first kappa shape index (κ1) is 15.1. The predicted molar refractivity (Wildman–Crippen MR) is 82.2 cm³/mol. The minimum absolute atomic E-state index is 0.0236. The minimum atomic E-state index is -0.320. The van der Waals surface area contributed by atoms with Crippen molar-refractivity contribution in [2.24, 2.45) is 0 Å². The molecule has 1 aliphatic rings. The average Bonchev–Trinajstić information content (AvgIpc) is 2.94. The van der Waals surface area contributed by atoms with Crippen LogP contribution < -0.4 is 0 Å². The van der Waals surface area contributed by atoms with Gasteiger partial charge in [-0.1, -0.05) is 12.1 Å². The number of carbonyl (C=O) groups is 1. The lowest BCUT2D eigenvalue weighted by molar-refractivity contribution is -0.139. The third-order valence-electron chi connectivity index (χ3n) is 3.67. The van der Waals surface area contributed by atoms with Crippen molar-refractivity contribution in [1.29, 1.82) is 0 Å². The molecule has 1 amide bonds. The van der Waals surface area contributed by atoms with Crippen LogP contribution in [0.4, 0.5) is 4.39 Å². The molecule has 0 saturated carbocycles. The number of carbonyl (C=O) groups excluding carboxylic acids is 1. The smallest absolute Gasteiger partial charge is 0.227 e. The van der Waals surface area contributed by atoms with Gasteiger partial charge in [0.15, 0.2) is 0 Å². The van der Waals surface area contributed by atoms with E-state index < -0.39 is 0 Å². The zero-order valence-corrected chi connectivity index (χ0v) is 13.1. The number of hydrogen-bond donors (Lipinski definition) is 0. The van der Waals surface area contributed by atoms with E-state index in [1.165, 1.54) is 12.1 Å². The van der Waals surface area contributed by atoms with Crippen LogP contribution in [0.5, 0.6) is 0 Å². The number of rotatable bonds is 3. The molecule has 1 fully saturated rings. The monoisotopic (exact) mass is 320 g/mol. The van der Waals surface area contributed by atoms with Gasteiger partial charge < -0.3 is 9.64 Å². The average molecular weight is 320 g/mol. The van der Waals surface area contributed by atoms with E-state index in [9.17, 15) is 9.18 Å². The number of thiazole rings is 1. The van der Waals surface area contributed by atoms with E-state index in [0.29, 0.717) is 25.3 Å². The SMILES string of the molecule is Cc1nc([C@@H]2COCCN2C(=O)Cc2cccc(F)c2)cs1. The van der Waals surface area contributed by atoms with Gasteiger partial charge in [0, 0.05) is 11.9 Å². The molecule has 0 unspecified atom stereocenters. The summed E-state index contributed by atoms with van der Waals surface area (Å²) in [5.74, 6) is -0.344. The number of hydrogen-bond acceptors (Lipinski definition) is 4. The fourth-order valence-corrected chi connectivity index (χ4v) is 3.26. The number of nitrogens with zero attached hydrogens (tertiary/aromatic N) is 2. The molecule has 3 rings (SSSR count). The van der Waals surface area contributed by atoms with Crippen molar-refractivity contribution in [3.63, 3.8) is 0 Å². The number of benzene rings is 1. The molecule has 0 N–H and O–H groups in total. The lowest BCUT2D eigenvalue weighted by atomic mass is 10.1. The van der Waals surface area contributed by atoms with Gasteiger partial charge in [0.1, 0.15) is 5.82 Å². The highest BCUT2D eigenvalue weighted by molar-refractivity contribution is 7.09. The number of aryl methyl sites for hydroxylation is 1. The quantitative estimate of drug-likeness (QED) is 0.873. The first-order valence-electron chi connectivity index (χ1n) is 7.17. The van der Waals surface area contributed by atoms with Gasteiger partial charge in [-0.05, 0) is 24.6 Å². The van der Waals surface area contributed by atoms with Gasteiger partial charge in [0.25, 0.3) is 0 Å². The van der Waals surface area contributed by atoms with E-state index in [0.717, 1.165) is 10.7 Å². The Labute approximate surface area is 132 Å². The molecular weight excluding hydrogens is 303 g/mol. The van der Waals surface area contributed by atoms with E-state index in [2.05, 4.69) is 4.98 Å². The van der Waals surface area contributed by atoms with Crippen LogP contribution in [0.2, 0.25) is 0 Å². The van der Waals surface area contributed by atoms with Crippen molar-refractivity contribution in [3.8, 4) is 0 Å². The summed E-state index contributed by atoms with van der Waals surface area (Å²) in [5, 5.41) is 2.94. The second-order valence-corrected chi connectivity index (χ2v) is 6.34. The van der Waals surface area contributed by atoms with Gasteiger partial charge in [0.2, 0.25) is 5.91 Å². The first-order chi connectivity index (χ1) is 10.6. The van der Waals surface area contributed by atoms with Crippen LogP contribution in [0.15, 0.2) is 29.6 Å². The maximum absolute atomic E-state index is 13.3. The van der Waals surface area contributed by atoms with Gasteiger partial charge in [-0.15, -0.1) is 11.3 Å². The van der Waals surface area contributed by atoms with Crippen molar-refractivity contribution in [1.82, 2.24) is 9.88 Å². The second kappa shape index (κ2) is 6.54. The molecule has 0 bridgehead atoms. The first-order valence-corrected chi connectivity index (χ1v) is 8.05. The van der Waals surface area contributed by atoms with Gasteiger partial charge in [0.05, 0.1) is 36.4 Å². The molecule has 1 saturated heterocycles. The Kier molecular flexibility index (Phi) is 4.49. The van der Waals surface area contributed by atoms with Crippen LogP contribution >= 0.6 is 11.3 Å². The number of aromatic nitrogens is 1. The summed E-state index contributed by atoms with van der Waals surface area (Å²) in [7, 11) is 0. The lowest BCUT2D eigenvalue weighted by Gasteiger charge is -2.34. The summed E-state index contributed by atoms with van der Waals surface area (Å²) in [6.45, 7) is 3.46. The largest absolute Gasteiger partial charge is 0.377 e. The molecule has 4 nitrogen and oxygen atoms in total. The van der Waals surface area contributed by atoms with Gasteiger partial charge in [-0.3, -0.25) is 4.79 Å². The van der Waals surface area contributed by atoms with E-state index in [1.807, 2.05) is 12.3 Å². The lowest BCUT2D eigenvalue weighted by Crippen LogP contribution is -2.44. The molecule has 0 radical (unpaired) electrons. The summed E-state index contributed by atoms with van der Waals surface area (Å²) in [6, 6.07) is 6.02. The fourth-order valence-electron chi connectivity index (χ4n) is 2.60. The summed E-state index contributed by atoms with van der Waals surface area (Å²) in [4.78, 5) is 18.9. The van der Waals surface area contributed by atoms with Gasteiger partial charge >= 0.3 is 0 Å². The molecule has 0 spiro atoms. The molecule has 6 heteroatoms. The van der Waals surface area contributed by atoms with Crippen LogP contribution in [0.3, 0.4) is 0 Å². The van der Waals surface area contributed by atoms with E-state index in [1.54, 1.807) is 28.4 Å². The molecular formula is C16H17FN2O2S. The highest BCUT2D eigenvalue weighted by Crippen LogP contribution is 2.26. The topological polar surface area (TPSA) is 42.4 Å². The fraction of sp³-hybridized carbons (Fsp3) is 0.375. The summed E-state index contributed by atoms with van der Waals surface area (Å²) < 4.78 is 18.8. The Balaban J connectivity index is 1.76. The van der Waals surface area contributed by atoms with E-state index in [4.69, 9.17) is 4.74 Å². The third kappa shape index (κ3) is 3.34.